The fourth-order valence-corrected chi connectivity index (χ4v) is 2.01. The van der Waals surface area contributed by atoms with E-state index in [0.29, 0.717) is 28.0 Å². The molecule has 1 aromatic carbocycles. The Morgan fingerprint density at radius 2 is 2.25 bits per heavy atom. The first-order valence-electron chi connectivity index (χ1n) is 5.80. The molecule has 0 spiro atoms. The van der Waals surface area contributed by atoms with Gasteiger partial charge in [0.2, 0.25) is 5.82 Å². The van der Waals surface area contributed by atoms with Gasteiger partial charge in [-0.25, -0.2) is 0 Å². The highest BCUT2D eigenvalue weighted by atomic mass is 35.5. The molecule has 0 amide bonds. The molecular weight excluding hydrogens is 280 g/mol. The molecule has 0 fully saturated rings. The molecule has 2 heterocycles. The van der Waals surface area contributed by atoms with Crippen LogP contribution >= 0.6 is 11.6 Å². The molecule has 20 heavy (non-hydrogen) atoms. The Labute approximate surface area is 119 Å². The van der Waals surface area contributed by atoms with Gasteiger partial charge in [-0.3, -0.25) is 5.10 Å². The molecule has 0 radical (unpaired) electrons. The van der Waals surface area contributed by atoms with Crippen molar-refractivity contribution in [3.63, 3.8) is 0 Å². The normalized spacial score (nSPS) is 10.7. The molecule has 0 aliphatic rings. The number of aromatic nitrogens is 4. The van der Waals surface area contributed by atoms with Crippen molar-refractivity contribution in [1.82, 2.24) is 20.3 Å². The van der Waals surface area contributed by atoms with E-state index >= 15 is 0 Å². The maximum atomic E-state index is 5.94. The number of nitrogens with two attached hydrogens (primary N) is 1. The molecule has 0 saturated carbocycles. The van der Waals surface area contributed by atoms with Crippen molar-refractivity contribution in [2.75, 3.05) is 18.1 Å². The van der Waals surface area contributed by atoms with Crippen LogP contribution in [0.15, 0.2) is 28.8 Å². The average Bonchev–Trinajstić information content (AvgIpc) is 3.04. The second kappa shape index (κ2) is 4.86. The Kier molecular flexibility index (Phi) is 3.03. The highest BCUT2D eigenvalue weighted by Crippen LogP contribution is 2.31. The van der Waals surface area contributed by atoms with E-state index in [1.807, 2.05) is 12.1 Å². The fraction of sp³-hybridized carbons (Fsp3) is 0.0833. The zero-order valence-corrected chi connectivity index (χ0v) is 11.3. The summed E-state index contributed by atoms with van der Waals surface area (Å²) in [5, 5.41) is 14.1. The highest BCUT2D eigenvalue weighted by Gasteiger charge is 2.19. The molecular formula is C12H11ClN6O. The molecule has 2 aromatic heterocycles. The number of benzene rings is 1. The Hall–Kier alpha value is -2.54. The summed E-state index contributed by atoms with van der Waals surface area (Å²) >= 11 is 5.94. The molecule has 0 saturated heterocycles. The summed E-state index contributed by atoms with van der Waals surface area (Å²) in [4.78, 5) is 4.32. The third-order valence-electron chi connectivity index (χ3n) is 2.75. The van der Waals surface area contributed by atoms with Crippen LogP contribution in [0.4, 0.5) is 11.6 Å². The van der Waals surface area contributed by atoms with Gasteiger partial charge in [0.25, 0.3) is 5.89 Å². The SMILES string of the molecule is CNc1n[nH]c(N)c1-c1nc(-c2cccc(Cl)c2)no1. The minimum Gasteiger partial charge on any atom is -0.383 e. The van der Waals surface area contributed by atoms with Crippen LogP contribution in [0.1, 0.15) is 0 Å². The van der Waals surface area contributed by atoms with Crippen LogP contribution in [0.3, 0.4) is 0 Å². The molecule has 4 N–H and O–H groups in total. The summed E-state index contributed by atoms with van der Waals surface area (Å²) in [5.74, 6) is 1.63. The average molecular weight is 291 g/mol. The number of anilines is 2. The quantitative estimate of drug-likeness (QED) is 0.684. The van der Waals surface area contributed by atoms with Gasteiger partial charge in [0.1, 0.15) is 11.4 Å². The van der Waals surface area contributed by atoms with E-state index < -0.39 is 0 Å². The summed E-state index contributed by atoms with van der Waals surface area (Å²) in [6.07, 6.45) is 0. The number of aromatic amines is 1. The molecule has 0 atom stereocenters. The monoisotopic (exact) mass is 290 g/mol. The molecule has 0 bridgehead atoms. The van der Waals surface area contributed by atoms with Gasteiger partial charge in [-0.05, 0) is 12.1 Å². The first kappa shape index (κ1) is 12.5. The molecule has 0 aliphatic carbocycles. The van der Waals surface area contributed by atoms with Crippen LogP contribution < -0.4 is 11.1 Å². The molecule has 8 heteroatoms. The summed E-state index contributed by atoms with van der Waals surface area (Å²) in [7, 11) is 1.73. The van der Waals surface area contributed by atoms with Crippen LogP contribution in [0.25, 0.3) is 22.8 Å². The topological polar surface area (TPSA) is 106 Å². The number of H-pyrrole nitrogens is 1. The van der Waals surface area contributed by atoms with E-state index in [0.717, 1.165) is 5.56 Å². The number of nitrogens with zero attached hydrogens (tertiary/aromatic N) is 3. The van der Waals surface area contributed by atoms with Gasteiger partial charge in [-0.1, -0.05) is 28.9 Å². The van der Waals surface area contributed by atoms with Crippen molar-refractivity contribution < 1.29 is 4.52 Å². The first-order chi connectivity index (χ1) is 9.69. The van der Waals surface area contributed by atoms with Gasteiger partial charge in [0, 0.05) is 17.6 Å². The number of rotatable bonds is 3. The maximum Gasteiger partial charge on any atom is 0.265 e. The van der Waals surface area contributed by atoms with Crippen molar-refractivity contribution in [3.8, 4) is 22.8 Å². The lowest BCUT2D eigenvalue weighted by molar-refractivity contribution is 0.432. The van der Waals surface area contributed by atoms with Gasteiger partial charge < -0.3 is 15.6 Å². The minimum atomic E-state index is 0.288. The predicted octanol–water partition coefficient (Wildman–Crippen LogP) is 2.40. The third kappa shape index (κ3) is 2.08. The van der Waals surface area contributed by atoms with Crippen LogP contribution in [0.5, 0.6) is 0 Å². The van der Waals surface area contributed by atoms with Crippen molar-refractivity contribution in [1.29, 1.82) is 0 Å². The smallest absolute Gasteiger partial charge is 0.265 e. The summed E-state index contributed by atoms with van der Waals surface area (Å²) in [6, 6.07) is 7.20. The van der Waals surface area contributed by atoms with Crippen molar-refractivity contribution in [3.05, 3.63) is 29.3 Å². The second-order valence-electron chi connectivity index (χ2n) is 4.04. The second-order valence-corrected chi connectivity index (χ2v) is 4.48. The molecule has 3 aromatic rings. The summed E-state index contributed by atoms with van der Waals surface area (Å²) in [5.41, 5.74) is 7.13. The molecule has 7 nitrogen and oxygen atoms in total. The van der Waals surface area contributed by atoms with Crippen LogP contribution in [-0.2, 0) is 0 Å². The van der Waals surface area contributed by atoms with E-state index in [4.69, 9.17) is 21.9 Å². The number of hydrogen-bond acceptors (Lipinski definition) is 6. The molecule has 3 rings (SSSR count). The Balaban J connectivity index is 2.04. The van der Waals surface area contributed by atoms with Crippen molar-refractivity contribution >= 4 is 23.2 Å². The lowest BCUT2D eigenvalue weighted by atomic mass is 10.2. The maximum absolute atomic E-state index is 5.94. The van der Waals surface area contributed by atoms with Gasteiger partial charge in [-0.2, -0.15) is 10.1 Å². The van der Waals surface area contributed by atoms with Crippen LogP contribution in [0.2, 0.25) is 5.02 Å². The predicted molar refractivity (Wildman–Crippen MR) is 76.3 cm³/mol. The number of halogens is 1. The largest absolute Gasteiger partial charge is 0.383 e. The number of nitrogen functional groups attached to an aromatic ring is 1. The van der Waals surface area contributed by atoms with Gasteiger partial charge >= 0.3 is 0 Å². The van der Waals surface area contributed by atoms with E-state index in [1.54, 1.807) is 19.2 Å². The van der Waals surface area contributed by atoms with Gasteiger partial charge in [0.05, 0.1) is 0 Å². The van der Waals surface area contributed by atoms with E-state index in [9.17, 15) is 0 Å². The zero-order chi connectivity index (χ0) is 14.1. The van der Waals surface area contributed by atoms with Gasteiger partial charge in [0.15, 0.2) is 5.82 Å². The summed E-state index contributed by atoms with van der Waals surface area (Å²) in [6.45, 7) is 0. The van der Waals surface area contributed by atoms with E-state index in [-0.39, 0.29) is 5.89 Å². The first-order valence-corrected chi connectivity index (χ1v) is 6.18. The fourth-order valence-electron chi connectivity index (χ4n) is 1.82. The standard InChI is InChI=1S/C12H11ClN6O/c1-15-11-8(9(14)17-18-11)12-16-10(19-20-12)6-3-2-4-7(13)5-6/h2-5H,1H3,(H4,14,15,17,18). The lowest BCUT2D eigenvalue weighted by Crippen LogP contribution is -1.92. The van der Waals surface area contributed by atoms with Crippen LogP contribution in [0, 0.1) is 0 Å². The number of hydrogen-bond donors (Lipinski definition) is 3. The van der Waals surface area contributed by atoms with Gasteiger partial charge in [-0.15, -0.1) is 0 Å². The Morgan fingerprint density at radius 1 is 1.40 bits per heavy atom. The Morgan fingerprint density at radius 3 is 3.00 bits per heavy atom. The zero-order valence-electron chi connectivity index (χ0n) is 10.5. The van der Waals surface area contributed by atoms with Crippen molar-refractivity contribution in [2.45, 2.75) is 0 Å². The van der Waals surface area contributed by atoms with Crippen LogP contribution in [-0.4, -0.2) is 27.4 Å². The van der Waals surface area contributed by atoms with E-state index in [2.05, 4.69) is 25.7 Å². The molecule has 0 aliphatic heterocycles. The summed E-state index contributed by atoms with van der Waals surface area (Å²) < 4.78 is 5.24. The Bertz CT molecular complexity index is 750. The minimum absolute atomic E-state index is 0.288. The van der Waals surface area contributed by atoms with E-state index in [1.165, 1.54) is 0 Å². The third-order valence-corrected chi connectivity index (χ3v) is 2.99. The van der Waals surface area contributed by atoms with Crippen molar-refractivity contribution in [2.24, 2.45) is 0 Å². The number of nitrogens with one attached hydrogen (secondary N) is 2. The lowest BCUT2D eigenvalue weighted by Gasteiger charge is -1.96. The molecule has 0 unspecified atom stereocenters. The highest BCUT2D eigenvalue weighted by molar-refractivity contribution is 6.30. The molecule has 102 valence electrons.